The first kappa shape index (κ1) is 15.8. The second-order valence-electron chi connectivity index (χ2n) is 5.52. The van der Waals surface area contributed by atoms with Gasteiger partial charge in [-0.15, -0.1) is 0 Å². The van der Waals surface area contributed by atoms with Crippen molar-refractivity contribution in [2.24, 2.45) is 4.99 Å². The van der Waals surface area contributed by atoms with Crippen LogP contribution in [0.5, 0.6) is 0 Å². The molecule has 0 aliphatic carbocycles. The highest BCUT2D eigenvalue weighted by Gasteiger charge is 2.14. The summed E-state index contributed by atoms with van der Waals surface area (Å²) in [4.78, 5) is 4.61. The Morgan fingerprint density at radius 2 is 2.10 bits per heavy atom. The molecule has 1 aliphatic rings. The summed E-state index contributed by atoms with van der Waals surface area (Å²) in [5.41, 5.74) is 2.65. The van der Waals surface area contributed by atoms with E-state index in [-0.39, 0.29) is 0 Å². The Kier molecular flexibility index (Phi) is 6.54. The quantitative estimate of drug-likeness (QED) is 0.624. The van der Waals surface area contributed by atoms with E-state index in [0.29, 0.717) is 6.10 Å². The Hall–Kier alpha value is -1.55. The van der Waals surface area contributed by atoms with Crippen LogP contribution in [0.4, 0.5) is 0 Å². The molecule has 0 aromatic heterocycles. The van der Waals surface area contributed by atoms with Crippen molar-refractivity contribution in [1.29, 1.82) is 0 Å². The zero-order valence-corrected chi connectivity index (χ0v) is 13.2. The predicted molar refractivity (Wildman–Crippen MR) is 87.8 cm³/mol. The minimum absolute atomic E-state index is 0.303. The molecule has 1 unspecified atom stereocenters. The second kappa shape index (κ2) is 8.67. The maximum absolute atomic E-state index is 5.60. The Bertz CT molecular complexity index is 436. The molecule has 0 radical (unpaired) electrons. The molecule has 2 rings (SSSR count). The van der Waals surface area contributed by atoms with E-state index in [4.69, 9.17) is 4.74 Å². The zero-order valence-electron chi connectivity index (χ0n) is 13.2. The maximum atomic E-state index is 5.60. The topological polar surface area (TPSA) is 45.7 Å². The standard InChI is InChI=1S/C17H27N3O/c1-3-18-17(20-13-16-5-4-12-21-16)19-11-10-15-8-6-14(2)7-9-15/h6-9,16H,3-5,10-13H2,1-2H3,(H2,18,19,20). The van der Waals surface area contributed by atoms with Crippen molar-refractivity contribution in [1.82, 2.24) is 10.6 Å². The van der Waals surface area contributed by atoms with Crippen molar-refractivity contribution in [2.75, 3.05) is 26.2 Å². The number of nitrogens with zero attached hydrogens (tertiary/aromatic N) is 1. The summed E-state index contributed by atoms with van der Waals surface area (Å²) in [6.45, 7) is 7.60. The summed E-state index contributed by atoms with van der Waals surface area (Å²) in [5, 5.41) is 6.68. The van der Waals surface area contributed by atoms with Gasteiger partial charge < -0.3 is 15.4 Å². The van der Waals surface area contributed by atoms with Crippen molar-refractivity contribution in [3.8, 4) is 0 Å². The van der Waals surface area contributed by atoms with Crippen LogP contribution in [-0.4, -0.2) is 38.3 Å². The lowest BCUT2D eigenvalue weighted by Crippen LogP contribution is -2.38. The van der Waals surface area contributed by atoms with E-state index in [0.717, 1.165) is 51.5 Å². The summed E-state index contributed by atoms with van der Waals surface area (Å²) < 4.78 is 5.60. The van der Waals surface area contributed by atoms with Gasteiger partial charge in [0, 0.05) is 19.7 Å². The monoisotopic (exact) mass is 289 g/mol. The first-order chi connectivity index (χ1) is 10.3. The van der Waals surface area contributed by atoms with E-state index in [1.54, 1.807) is 0 Å². The lowest BCUT2D eigenvalue weighted by molar-refractivity contribution is 0.117. The molecule has 4 nitrogen and oxygen atoms in total. The van der Waals surface area contributed by atoms with Gasteiger partial charge in [0.05, 0.1) is 12.6 Å². The molecule has 0 spiro atoms. The maximum Gasteiger partial charge on any atom is 0.191 e. The summed E-state index contributed by atoms with van der Waals surface area (Å²) in [6, 6.07) is 8.69. The summed E-state index contributed by atoms with van der Waals surface area (Å²) in [7, 11) is 0. The highest BCUT2D eigenvalue weighted by molar-refractivity contribution is 5.79. The van der Waals surface area contributed by atoms with Crippen molar-refractivity contribution in [3.63, 3.8) is 0 Å². The number of hydrogen-bond acceptors (Lipinski definition) is 2. The first-order valence-corrected chi connectivity index (χ1v) is 7.97. The van der Waals surface area contributed by atoms with E-state index in [1.165, 1.54) is 11.1 Å². The molecule has 2 N–H and O–H groups in total. The van der Waals surface area contributed by atoms with Crippen LogP contribution in [0.15, 0.2) is 29.3 Å². The molecule has 4 heteroatoms. The summed E-state index contributed by atoms with van der Waals surface area (Å²) in [5.74, 6) is 0.889. The number of benzene rings is 1. The fourth-order valence-electron chi connectivity index (χ4n) is 2.40. The Balaban J connectivity index is 1.76. The average Bonchev–Trinajstić information content (AvgIpc) is 3.00. The van der Waals surface area contributed by atoms with E-state index in [2.05, 4.69) is 53.7 Å². The molecule has 1 aliphatic heterocycles. The highest BCUT2D eigenvalue weighted by atomic mass is 16.5. The molecule has 1 saturated heterocycles. The minimum atomic E-state index is 0.303. The number of hydrogen-bond donors (Lipinski definition) is 2. The first-order valence-electron chi connectivity index (χ1n) is 7.97. The van der Waals surface area contributed by atoms with Gasteiger partial charge in [-0.2, -0.15) is 0 Å². The number of aliphatic imine (C=N–C) groups is 1. The normalized spacial score (nSPS) is 18.8. The van der Waals surface area contributed by atoms with Gasteiger partial charge in [0.15, 0.2) is 5.96 Å². The third kappa shape index (κ3) is 5.76. The predicted octanol–water partition coefficient (Wildman–Crippen LogP) is 2.27. The molecule has 116 valence electrons. The molecule has 1 heterocycles. The molecule has 21 heavy (non-hydrogen) atoms. The Morgan fingerprint density at radius 3 is 2.76 bits per heavy atom. The number of rotatable bonds is 6. The van der Waals surface area contributed by atoms with Crippen molar-refractivity contribution in [3.05, 3.63) is 35.4 Å². The molecule has 1 atom stereocenters. The van der Waals surface area contributed by atoms with Gasteiger partial charge in [-0.05, 0) is 38.7 Å². The molecular formula is C17H27N3O. The summed E-state index contributed by atoms with van der Waals surface area (Å²) in [6.07, 6.45) is 3.60. The fraction of sp³-hybridized carbons (Fsp3) is 0.588. The van der Waals surface area contributed by atoms with Crippen LogP contribution >= 0.6 is 0 Å². The Labute approximate surface area is 128 Å². The van der Waals surface area contributed by atoms with Crippen LogP contribution in [0.3, 0.4) is 0 Å². The molecular weight excluding hydrogens is 262 g/mol. The number of aryl methyl sites for hydroxylation is 1. The number of guanidine groups is 1. The fourth-order valence-corrected chi connectivity index (χ4v) is 2.40. The highest BCUT2D eigenvalue weighted by Crippen LogP contribution is 2.11. The zero-order chi connectivity index (χ0) is 14.9. The van der Waals surface area contributed by atoms with Crippen molar-refractivity contribution >= 4 is 5.96 Å². The van der Waals surface area contributed by atoms with Crippen LogP contribution < -0.4 is 10.6 Å². The van der Waals surface area contributed by atoms with Crippen molar-refractivity contribution in [2.45, 2.75) is 39.2 Å². The van der Waals surface area contributed by atoms with Gasteiger partial charge in [0.25, 0.3) is 0 Å². The van der Waals surface area contributed by atoms with Crippen molar-refractivity contribution < 1.29 is 4.74 Å². The molecule has 0 amide bonds. The number of ether oxygens (including phenoxy) is 1. The molecule has 0 bridgehead atoms. The van der Waals surface area contributed by atoms with E-state index in [1.807, 2.05) is 0 Å². The minimum Gasteiger partial charge on any atom is -0.376 e. The van der Waals surface area contributed by atoms with Gasteiger partial charge in [0.1, 0.15) is 0 Å². The van der Waals surface area contributed by atoms with Gasteiger partial charge in [-0.1, -0.05) is 29.8 Å². The van der Waals surface area contributed by atoms with Gasteiger partial charge >= 0.3 is 0 Å². The Morgan fingerprint density at radius 1 is 1.29 bits per heavy atom. The lowest BCUT2D eigenvalue weighted by atomic mass is 10.1. The molecule has 0 saturated carbocycles. The van der Waals surface area contributed by atoms with Crippen LogP contribution in [0.2, 0.25) is 0 Å². The average molecular weight is 289 g/mol. The van der Waals surface area contributed by atoms with Crippen LogP contribution in [-0.2, 0) is 11.2 Å². The van der Waals surface area contributed by atoms with Crippen LogP contribution in [0.25, 0.3) is 0 Å². The van der Waals surface area contributed by atoms with Gasteiger partial charge in [0.2, 0.25) is 0 Å². The number of nitrogens with one attached hydrogen (secondary N) is 2. The van der Waals surface area contributed by atoms with Crippen LogP contribution in [0, 0.1) is 6.92 Å². The van der Waals surface area contributed by atoms with E-state index in [9.17, 15) is 0 Å². The summed E-state index contributed by atoms with van der Waals surface area (Å²) >= 11 is 0. The SMILES string of the molecule is CCNC(=NCC1CCCO1)NCCc1ccc(C)cc1. The molecule has 1 aromatic carbocycles. The van der Waals surface area contributed by atoms with Gasteiger partial charge in [-0.3, -0.25) is 4.99 Å². The van der Waals surface area contributed by atoms with E-state index >= 15 is 0 Å². The third-order valence-electron chi connectivity index (χ3n) is 3.65. The molecule has 1 fully saturated rings. The smallest absolute Gasteiger partial charge is 0.191 e. The second-order valence-corrected chi connectivity index (χ2v) is 5.52. The van der Waals surface area contributed by atoms with E-state index < -0.39 is 0 Å². The lowest BCUT2D eigenvalue weighted by Gasteiger charge is -2.13. The molecule has 1 aromatic rings. The van der Waals surface area contributed by atoms with Crippen LogP contribution in [0.1, 0.15) is 30.9 Å². The van der Waals surface area contributed by atoms with Gasteiger partial charge in [-0.25, -0.2) is 0 Å². The largest absolute Gasteiger partial charge is 0.376 e. The third-order valence-corrected chi connectivity index (χ3v) is 3.65.